The topological polar surface area (TPSA) is 61.8 Å². The first-order valence-electron chi connectivity index (χ1n) is 7.29. The standard InChI is InChI=1S/C17H19FO5S/c1-21-17-9-6-14(12-16(17)18)23-11-3-10-22-13-4-7-15(8-5-13)24(2,19)20/h4-9,12H,3,10-11H2,1-2H3. The minimum Gasteiger partial charge on any atom is -0.494 e. The predicted octanol–water partition coefficient (Wildman–Crippen LogP) is 3.09. The monoisotopic (exact) mass is 354 g/mol. The third-order valence-electron chi connectivity index (χ3n) is 3.20. The Kier molecular flexibility index (Phi) is 6.03. The zero-order valence-corrected chi connectivity index (χ0v) is 14.3. The Hall–Kier alpha value is -2.28. The molecule has 0 aliphatic carbocycles. The van der Waals surface area contributed by atoms with Crippen molar-refractivity contribution in [3.63, 3.8) is 0 Å². The van der Waals surface area contributed by atoms with Crippen LogP contribution in [0.2, 0.25) is 0 Å². The van der Waals surface area contributed by atoms with E-state index in [-0.39, 0.29) is 10.6 Å². The fourth-order valence-electron chi connectivity index (χ4n) is 1.96. The molecule has 7 heteroatoms. The minimum absolute atomic E-state index is 0.170. The molecule has 0 radical (unpaired) electrons. The molecule has 130 valence electrons. The quantitative estimate of drug-likeness (QED) is 0.682. The van der Waals surface area contributed by atoms with Crippen LogP contribution in [0.5, 0.6) is 17.2 Å². The van der Waals surface area contributed by atoms with E-state index in [0.717, 1.165) is 6.26 Å². The molecule has 0 aromatic heterocycles. The van der Waals surface area contributed by atoms with Crippen LogP contribution in [0.1, 0.15) is 6.42 Å². The Balaban J connectivity index is 1.74. The van der Waals surface area contributed by atoms with Crippen molar-refractivity contribution >= 4 is 9.84 Å². The largest absolute Gasteiger partial charge is 0.494 e. The Morgan fingerprint density at radius 2 is 1.54 bits per heavy atom. The van der Waals surface area contributed by atoms with E-state index in [2.05, 4.69) is 0 Å². The Bertz CT molecular complexity index is 772. The molecule has 0 bridgehead atoms. The predicted molar refractivity (Wildman–Crippen MR) is 88.1 cm³/mol. The Morgan fingerprint density at radius 1 is 0.958 bits per heavy atom. The van der Waals surface area contributed by atoms with E-state index in [1.165, 1.54) is 31.4 Å². The molecule has 0 atom stereocenters. The van der Waals surface area contributed by atoms with Gasteiger partial charge in [0.05, 0.1) is 25.2 Å². The lowest BCUT2D eigenvalue weighted by Gasteiger charge is -2.09. The highest BCUT2D eigenvalue weighted by Crippen LogP contribution is 2.22. The first-order valence-corrected chi connectivity index (χ1v) is 9.18. The number of halogens is 1. The highest BCUT2D eigenvalue weighted by molar-refractivity contribution is 7.90. The van der Waals surface area contributed by atoms with E-state index in [1.807, 2.05) is 0 Å². The van der Waals surface area contributed by atoms with Crippen molar-refractivity contribution in [3.8, 4) is 17.2 Å². The number of hydrogen-bond donors (Lipinski definition) is 0. The van der Waals surface area contributed by atoms with Crippen LogP contribution in [-0.4, -0.2) is 35.0 Å². The van der Waals surface area contributed by atoms with E-state index >= 15 is 0 Å². The minimum atomic E-state index is -3.20. The fourth-order valence-corrected chi connectivity index (χ4v) is 2.59. The van der Waals surface area contributed by atoms with Gasteiger partial charge >= 0.3 is 0 Å². The second-order valence-corrected chi connectivity index (χ2v) is 7.11. The molecule has 0 saturated heterocycles. The van der Waals surface area contributed by atoms with Crippen molar-refractivity contribution in [2.45, 2.75) is 11.3 Å². The van der Waals surface area contributed by atoms with Crippen molar-refractivity contribution in [1.82, 2.24) is 0 Å². The third-order valence-corrected chi connectivity index (χ3v) is 4.33. The summed E-state index contributed by atoms with van der Waals surface area (Å²) in [5.74, 6) is 0.698. The molecule has 2 aromatic rings. The van der Waals surface area contributed by atoms with Gasteiger partial charge in [0.25, 0.3) is 0 Å². The van der Waals surface area contributed by atoms with Crippen molar-refractivity contribution < 1.29 is 27.0 Å². The van der Waals surface area contributed by atoms with Gasteiger partial charge in [-0.25, -0.2) is 12.8 Å². The van der Waals surface area contributed by atoms with Crippen LogP contribution in [0.15, 0.2) is 47.4 Å². The summed E-state index contributed by atoms with van der Waals surface area (Å²) in [6.45, 7) is 0.768. The van der Waals surface area contributed by atoms with Gasteiger partial charge in [-0.05, 0) is 36.4 Å². The fraction of sp³-hybridized carbons (Fsp3) is 0.294. The summed E-state index contributed by atoms with van der Waals surface area (Å²) >= 11 is 0. The van der Waals surface area contributed by atoms with E-state index in [0.29, 0.717) is 31.1 Å². The second-order valence-electron chi connectivity index (χ2n) is 5.09. The smallest absolute Gasteiger partial charge is 0.175 e. The number of methoxy groups -OCH3 is 1. The highest BCUT2D eigenvalue weighted by atomic mass is 32.2. The zero-order valence-electron chi connectivity index (χ0n) is 13.5. The number of sulfone groups is 1. The van der Waals surface area contributed by atoms with Gasteiger partial charge in [0.15, 0.2) is 21.4 Å². The van der Waals surface area contributed by atoms with Gasteiger partial charge < -0.3 is 14.2 Å². The molecule has 0 aliphatic heterocycles. The van der Waals surface area contributed by atoms with Crippen molar-refractivity contribution in [3.05, 3.63) is 48.3 Å². The first kappa shape index (κ1) is 18.1. The van der Waals surface area contributed by atoms with Crippen LogP contribution >= 0.6 is 0 Å². The zero-order chi connectivity index (χ0) is 17.6. The molecule has 0 heterocycles. The number of ether oxygens (including phenoxy) is 3. The first-order chi connectivity index (χ1) is 11.4. The van der Waals surface area contributed by atoms with E-state index in [9.17, 15) is 12.8 Å². The lowest BCUT2D eigenvalue weighted by molar-refractivity contribution is 0.246. The van der Waals surface area contributed by atoms with Crippen LogP contribution in [0.4, 0.5) is 4.39 Å². The van der Waals surface area contributed by atoms with Gasteiger partial charge in [0.2, 0.25) is 0 Å². The van der Waals surface area contributed by atoms with Crippen LogP contribution < -0.4 is 14.2 Å². The average molecular weight is 354 g/mol. The van der Waals surface area contributed by atoms with Crippen molar-refractivity contribution in [2.75, 3.05) is 26.6 Å². The third kappa shape index (κ3) is 5.13. The molecule has 0 spiro atoms. The van der Waals surface area contributed by atoms with Crippen LogP contribution in [0.25, 0.3) is 0 Å². The summed E-state index contributed by atoms with van der Waals surface area (Å²) in [5, 5.41) is 0. The van der Waals surface area contributed by atoms with E-state index in [4.69, 9.17) is 14.2 Å². The molecule has 0 fully saturated rings. The highest BCUT2D eigenvalue weighted by Gasteiger charge is 2.06. The van der Waals surface area contributed by atoms with Crippen LogP contribution in [0, 0.1) is 5.82 Å². The van der Waals surface area contributed by atoms with Crippen molar-refractivity contribution in [1.29, 1.82) is 0 Å². The molecule has 0 unspecified atom stereocenters. The second kappa shape index (κ2) is 8.01. The van der Waals surface area contributed by atoms with Gasteiger partial charge in [0, 0.05) is 18.7 Å². The maximum atomic E-state index is 13.5. The summed E-state index contributed by atoms with van der Waals surface area (Å²) in [4.78, 5) is 0.250. The number of rotatable bonds is 8. The summed E-state index contributed by atoms with van der Waals surface area (Å²) in [7, 11) is -1.80. The maximum absolute atomic E-state index is 13.5. The van der Waals surface area contributed by atoms with E-state index < -0.39 is 15.7 Å². The summed E-state index contributed by atoms with van der Waals surface area (Å²) < 4.78 is 52.0. The molecule has 0 N–H and O–H groups in total. The number of hydrogen-bond acceptors (Lipinski definition) is 5. The lowest BCUT2D eigenvalue weighted by Crippen LogP contribution is -2.05. The summed E-state index contributed by atoms with van der Waals surface area (Å²) in [6.07, 6.45) is 1.75. The molecule has 0 amide bonds. The molecule has 2 rings (SSSR count). The summed E-state index contributed by atoms with van der Waals surface area (Å²) in [5.41, 5.74) is 0. The van der Waals surface area contributed by atoms with Crippen molar-refractivity contribution in [2.24, 2.45) is 0 Å². The molecular weight excluding hydrogens is 335 g/mol. The van der Waals surface area contributed by atoms with E-state index in [1.54, 1.807) is 18.2 Å². The average Bonchev–Trinajstić information content (AvgIpc) is 2.54. The van der Waals surface area contributed by atoms with Gasteiger partial charge in [-0.3, -0.25) is 0 Å². The van der Waals surface area contributed by atoms with Gasteiger partial charge in [-0.1, -0.05) is 0 Å². The Labute approximate surface area is 140 Å². The van der Waals surface area contributed by atoms with Gasteiger partial charge in [-0.2, -0.15) is 0 Å². The normalized spacial score (nSPS) is 11.1. The molecule has 24 heavy (non-hydrogen) atoms. The van der Waals surface area contributed by atoms with Crippen LogP contribution in [-0.2, 0) is 9.84 Å². The maximum Gasteiger partial charge on any atom is 0.175 e. The van der Waals surface area contributed by atoms with Gasteiger partial charge in [-0.15, -0.1) is 0 Å². The summed E-state index contributed by atoms with van der Waals surface area (Å²) in [6, 6.07) is 10.6. The Morgan fingerprint density at radius 3 is 2.08 bits per heavy atom. The number of benzene rings is 2. The molecule has 0 saturated carbocycles. The molecule has 5 nitrogen and oxygen atoms in total. The molecule has 2 aromatic carbocycles. The lowest BCUT2D eigenvalue weighted by atomic mass is 10.3. The molecular formula is C17H19FO5S. The van der Waals surface area contributed by atoms with Crippen LogP contribution in [0.3, 0.4) is 0 Å². The molecule has 0 aliphatic rings. The SMILES string of the molecule is COc1ccc(OCCCOc2ccc(S(C)(=O)=O)cc2)cc1F. The van der Waals surface area contributed by atoms with Gasteiger partial charge in [0.1, 0.15) is 11.5 Å².